The van der Waals surface area contributed by atoms with Gasteiger partial charge in [-0.15, -0.1) is 0 Å². The van der Waals surface area contributed by atoms with Crippen molar-refractivity contribution in [2.45, 2.75) is 37.9 Å². The third-order valence-electron chi connectivity index (χ3n) is 5.41. The number of aliphatic hydroxyl groups is 1. The van der Waals surface area contributed by atoms with Crippen LogP contribution < -0.4 is 31.2 Å². The van der Waals surface area contributed by atoms with E-state index in [1.54, 1.807) is 24.3 Å². The maximum Gasteiger partial charge on any atom is 0.319 e. The number of rotatable bonds is 14. The molecule has 1 saturated carbocycles. The molecule has 34 heavy (non-hydrogen) atoms. The van der Waals surface area contributed by atoms with Gasteiger partial charge >= 0.3 is 6.03 Å². The van der Waals surface area contributed by atoms with Crippen LogP contribution in [0.25, 0.3) is 0 Å². The predicted molar refractivity (Wildman–Crippen MR) is 132 cm³/mol. The molecule has 1 atom stereocenters. The van der Waals surface area contributed by atoms with Crippen LogP contribution in [0.4, 0.5) is 16.2 Å². The van der Waals surface area contributed by atoms with Crippen LogP contribution in [0.5, 0.6) is 11.5 Å². The Morgan fingerprint density at radius 2 is 1.65 bits per heavy atom. The molecule has 0 bridgehead atoms. The fourth-order valence-corrected chi connectivity index (χ4v) is 3.59. The maximum atomic E-state index is 11.8. The molecule has 9 heteroatoms. The third kappa shape index (κ3) is 9.86. The summed E-state index contributed by atoms with van der Waals surface area (Å²) < 4.78 is 17.1. The largest absolute Gasteiger partial charge is 0.491 e. The number of hydrogen-bond acceptors (Lipinski definition) is 7. The number of aliphatic hydroxyl groups excluding tert-OH is 1. The highest BCUT2D eigenvalue weighted by Crippen LogP contribution is 2.21. The van der Waals surface area contributed by atoms with Crippen LogP contribution in [-0.2, 0) is 4.74 Å². The van der Waals surface area contributed by atoms with Gasteiger partial charge in [0.15, 0.2) is 0 Å². The van der Waals surface area contributed by atoms with Crippen LogP contribution >= 0.6 is 0 Å². The molecule has 9 nitrogen and oxygen atoms in total. The maximum absolute atomic E-state index is 11.8. The average molecular weight is 473 g/mol. The van der Waals surface area contributed by atoms with Crippen molar-refractivity contribution in [3.05, 3.63) is 48.5 Å². The lowest BCUT2D eigenvalue weighted by Gasteiger charge is -2.14. The minimum Gasteiger partial charge on any atom is -0.491 e. The number of anilines is 2. The smallest absolute Gasteiger partial charge is 0.319 e. The topological polar surface area (TPSA) is 127 Å². The van der Waals surface area contributed by atoms with Gasteiger partial charge in [0.1, 0.15) is 30.8 Å². The van der Waals surface area contributed by atoms with E-state index >= 15 is 0 Å². The molecular weight excluding hydrogens is 436 g/mol. The van der Waals surface area contributed by atoms with E-state index in [4.69, 9.17) is 19.9 Å². The number of hydrogen-bond donors (Lipinski definition) is 5. The molecule has 6 N–H and O–H groups in total. The molecular formula is C25H36N4O5. The molecule has 0 radical (unpaired) electrons. The monoisotopic (exact) mass is 472 g/mol. The van der Waals surface area contributed by atoms with E-state index in [-0.39, 0.29) is 12.6 Å². The van der Waals surface area contributed by atoms with Crippen LogP contribution in [0, 0.1) is 0 Å². The Morgan fingerprint density at radius 3 is 2.35 bits per heavy atom. The summed E-state index contributed by atoms with van der Waals surface area (Å²) in [4.78, 5) is 11.8. The summed E-state index contributed by atoms with van der Waals surface area (Å²) in [6.07, 6.45) is 4.57. The molecule has 1 fully saturated rings. The lowest BCUT2D eigenvalue weighted by Crippen LogP contribution is -2.38. The first kappa shape index (κ1) is 25.6. The van der Waals surface area contributed by atoms with Crippen LogP contribution in [0.3, 0.4) is 0 Å². The Labute approximate surface area is 201 Å². The number of nitrogen functional groups attached to an aromatic ring is 1. The highest BCUT2D eigenvalue weighted by Gasteiger charge is 2.14. The van der Waals surface area contributed by atoms with Crippen molar-refractivity contribution in [3.63, 3.8) is 0 Å². The average Bonchev–Trinajstić information content (AvgIpc) is 3.36. The van der Waals surface area contributed by atoms with Gasteiger partial charge in [0, 0.05) is 31.0 Å². The summed E-state index contributed by atoms with van der Waals surface area (Å²) in [5.41, 5.74) is 6.92. The van der Waals surface area contributed by atoms with E-state index in [0.29, 0.717) is 56.1 Å². The second kappa shape index (κ2) is 14.3. The predicted octanol–water partition coefficient (Wildman–Crippen LogP) is 2.76. The van der Waals surface area contributed by atoms with Crippen LogP contribution in [0.15, 0.2) is 48.5 Å². The van der Waals surface area contributed by atoms with Crippen LogP contribution in [0.2, 0.25) is 0 Å². The summed E-state index contributed by atoms with van der Waals surface area (Å²) in [6.45, 7) is 2.57. The van der Waals surface area contributed by atoms with E-state index < -0.39 is 6.10 Å². The summed E-state index contributed by atoms with van der Waals surface area (Å²) in [5.74, 6) is 1.42. The zero-order chi connectivity index (χ0) is 24.0. The van der Waals surface area contributed by atoms with Gasteiger partial charge in [-0.05, 0) is 61.4 Å². The highest BCUT2D eigenvalue weighted by molar-refractivity contribution is 5.89. The fraction of sp³-hybridized carbons (Fsp3) is 0.480. The molecule has 0 spiro atoms. The molecule has 1 aliphatic carbocycles. The van der Waals surface area contributed by atoms with Gasteiger partial charge in [0.05, 0.1) is 12.7 Å². The molecule has 2 amide bonds. The van der Waals surface area contributed by atoms with Crippen molar-refractivity contribution < 1.29 is 24.1 Å². The Balaban J connectivity index is 1.19. The van der Waals surface area contributed by atoms with E-state index in [2.05, 4.69) is 16.0 Å². The summed E-state index contributed by atoms with van der Waals surface area (Å²) in [6, 6.07) is 13.9. The number of nitrogens with one attached hydrogen (secondary N) is 3. The third-order valence-corrected chi connectivity index (χ3v) is 5.41. The first-order valence-corrected chi connectivity index (χ1v) is 11.8. The van der Waals surface area contributed by atoms with E-state index in [9.17, 15) is 9.90 Å². The van der Waals surface area contributed by atoms with E-state index in [1.165, 1.54) is 12.8 Å². The van der Waals surface area contributed by atoms with Crippen molar-refractivity contribution >= 4 is 17.4 Å². The van der Waals surface area contributed by atoms with Gasteiger partial charge in [0.25, 0.3) is 0 Å². The molecule has 2 aromatic carbocycles. The molecule has 0 aliphatic heterocycles. The van der Waals surface area contributed by atoms with Gasteiger partial charge in [-0.1, -0.05) is 12.8 Å². The van der Waals surface area contributed by atoms with Gasteiger partial charge in [-0.3, -0.25) is 0 Å². The van der Waals surface area contributed by atoms with Crippen molar-refractivity contribution in [2.75, 3.05) is 50.5 Å². The molecule has 1 aliphatic rings. The highest BCUT2D eigenvalue weighted by atomic mass is 16.5. The quantitative estimate of drug-likeness (QED) is 0.211. The van der Waals surface area contributed by atoms with Gasteiger partial charge in [-0.2, -0.15) is 0 Å². The van der Waals surface area contributed by atoms with E-state index in [1.807, 2.05) is 24.3 Å². The molecule has 3 rings (SSSR count). The van der Waals surface area contributed by atoms with Crippen LogP contribution in [0.1, 0.15) is 25.7 Å². The summed E-state index contributed by atoms with van der Waals surface area (Å²) in [7, 11) is 0. The lowest BCUT2D eigenvalue weighted by atomic mass is 10.3. The van der Waals surface area contributed by atoms with Crippen molar-refractivity contribution in [2.24, 2.45) is 0 Å². The lowest BCUT2D eigenvalue weighted by molar-refractivity contribution is 0.0382. The summed E-state index contributed by atoms with van der Waals surface area (Å²) in [5, 5.41) is 18.6. The molecule has 0 saturated heterocycles. The Bertz CT molecular complexity index is 841. The molecule has 186 valence electrons. The van der Waals surface area contributed by atoms with Crippen molar-refractivity contribution in [1.82, 2.24) is 10.6 Å². The number of ether oxygens (including phenoxy) is 3. The van der Waals surface area contributed by atoms with Gasteiger partial charge < -0.3 is 41.0 Å². The molecule has 1 unspecified atom stereocenters. The fourth-order valence-electron chi connectivity index (χ4n) is 3.59. The Kier molecular flexibility index (Phi) is 10.8. The minimum atomic E-state index is -0.674. The number of carbonyl (C=O) groups is 1. The molecule has 0 aromatic heterocycles. The zero-order valence-corrected chi connectivity index (χ0v) is 19.5. The van der Waals surface area contributed by atoms with Crippen molar-refractivity contribution in [3.8, 4) is 11.5 Å². The standard InChI is InChI=1S/C25H36N4O5/c26-19-5-7-20(8-6-19)29-25(31)28-14-13-27-17-21(30)18-34-24-11-9-23(10-12-24)33-16-15-32-22-3-1-2-4-22/h5-12,21-22,27,30H,1-4,13-18,26H2,(H2,28,29,31). The number of nitrogens with two attached hydrogens (primary N) is 1. The van der Waals surface area contributed by atoms with E-state index in [0.717, 1.165) is 18.6 Å². The molecule has 2 aromatic rings. The minimum absolute atomic E-state index is 0.160. The second-order valence-electron chi connectivity index (χ2n) is 8.27. The normalized spacial score (nSPS) is 14.5. The first-order chi connectivity index (χ1) is 16.6. The summed E-state index contributed by atoms with van der Waals surface area (Å²) >= 11 is 0. The molecule has 0 heterocycles. The number of amides is 2. The Morgan fingerprint density at radius 1 is 0.971 bits per heavy atom. The second-order valence-corrected chi connectivity index (χ2v) is 8.27. The van der Waals surface area contributed by atoms with Crippen molar-refractivity contribution in [1.29, 1.82) is 0 Å². The number of carbonyl (C=O) groups excluding carboxylic acids is 1. The number of urea groups is 1. The SMILES string of the molecule is Nc1ccc(NC(=O)NCCNCC(O)COc2ccc(OCCOC3CCCC3)cc2)cc1. The van der Waals surface area contributed by atoms with Gasteiger partial charge in [0.2, 0.25) is 0 Å². The van der Waals surface area contributed by atoms with Crippen LogP contribution in [-0.4, -0.2) is 62.8 Å². The number of benzene rings is 2. The zero-order valence-electron chi connectivity index (χ0n) is 19.5. The Hall–Kier alpha value is -3.01. The first-order valence-electron chi connectivity index (χ1n) is 11.8. The van der Waals surface area contributed by atoms with Gasteiger partial charge in [-0.25, -0.2) is 4.79 Å².